The van der Waals surface area contributed by atoms with Crippen LogP contribution in [-0.4, -0.2) is 48.9 Å². The van der Waals surface area contributed by atoms with E-state index in [1.54, 1.807) is 43.5 Å². The lowest BCUT2D eigenvalue weighted by atomic mass is 10.1. The van der Waals surface area contributed by atoms with E-state index in [2.05, 4.69) is 10.6 Å². The van der Waals surface area contributed by atoms with Gasteiger partial charge in [-0.2, -0.15) is 0 Å². The molecule has 0 aliphatic carbocycles. The molecule has 29 heavy (non-hydrogen) atoms. The quantitative estimate of drug-likeness (QED) is 0.717. The van der Waals surface area contributed by atoms with Gasteiger partial charge < -0.3 is 20.3 Å². The number of nitrogens with one attached hydrogen (secondary N) is 2. The highest BCUT2D eigenvalue weighted by molar-refractivity contribution is 5.98. The maximum atomic E-state index is 12.8. The summed E-state index contributed by atoms with van der Waals surface area (Å²) < 4.78 is 5.10. The minimum atomic E-state index is -0.403. The van der Waals surface area contributed by atoms with Crippen LogP contribution in [0, 0.1) is 6.92 Å². The van der Waals surface area contributed by atoms with Crippen molar-refractivity contribution in [1.29, 1.82) is 0 Å². The van der Waals surface area contributed by atoms with Crippen LogP contribution in [-0.2, 0) is 9.59 Å². The minimum absolute atomic E-state index is 0.139. The van der Waals surface area contributed by atoms with Gasteiger partial charge >= 0.3 is 0 Å². The number of nitrogens with zero attached hydrogens (tertiary/aromatic N) is 1. The van der Waals surface area contributed by atoms with E-state index >= 15 is 0 Å². The van der Waals surface area contributed by atoms with E-state index < -0.39 is 5.91 Å². The van der Waals surface area contributed by atoms with Crippen molar-refractivity contribution < 1.29 is 19.1 Å². The van der Waals surface area contributed by atoms with Crippen LogP contribution in [0.1, 0.15) is 29.8 Å². The van der Waals surface area contributed by atoms with Crippen molar-refractivity contribution in [2.45, 2.75) is 26.8 Å². The fourth-order valence-corrected chi connectivity index (χ4v) is 2.62. The topological polar surface area (TPSA) is 87.7 Å². The lowest BCUT2D eigenvalue weighted by molar-refractivity contribution is -0.124. The van der Waals surface area contributed by atoms with Crippen LogP contribution in [0.5, 0.6) is 5.75 Å². The third-order valence-electron chi connectivity index (χ3n) is 4.32. The van der Waals surface area contributed by atoms with Gasteiger partial charge in [-0.25, -0.2) is 0 Å². The molecule has 154 valence electrons. The molecule has 0 fully saturated rings. The average molecular weight is 397 g/mol. The van der Waals surface area contributed by atoms with Crippen LogP contribution in [0.4, 0.5) is 5.69 Å². The van der Waals surface area contributed by atoms with E-state index in [-0.39, 0.29) is 30.9 Å². The van der Waals surface area contributed by atoms with E-state index in [1.807, 2.05) is 32.9 Å². The molecule has 7 nitrogen and oxygen atoms in total. The average Bonchev–Trinajstić information content (AvgIpc) is 2.71. The summed E-state index contributed by atoms with van der Waals surface area (Å²) in [5.41, 5.74) is 2.21. The summed E-state index contributed by atoms with van der Waals surface area (Å²) in [5, 5.41) is 5.27. The molecule has 0 unspecified atom stereocenters. The lowest BCUT2D eigenvalue weighted by Crippen LogP contribution is -2.45. The zero-order valence-electron chi connectivity index (χ0n) is 17.2. The molecule has 0 aliphatic heterocycles. The largest absolute Gasteiger partial charge is 0.497 e. The molecule has 2 aromatic rings. The van der Waals surface area contributed by atoms with Gasteiger partial charge in [-0.15, -0.1) is 0 Å². The number of hydrogen-bond acceptors (Lipinski definition) is 4. The number of hydrogen-bond donors (Lipinski definition) is 2. The summed E-state index contributed by atoms with van der Waals surface area (Å²) in [6.07, 6.45) is 0. The normalized spacial score (nSPS) is 10.4. The predicted molar refractivity (Wildman–Crippen MR) is 112 cm³/mol. The minimum Gasteiger partial charge on any atom is -0.497 e. The van der Waals surface area contributed by atoms with E-state index in [0.717, 1.165) is 5.56 Å². The molecule has 0 aromatic heterocycles. The molecule has 0 radical (unpaired) electrons. The van der Waals surface area contributed by atoms with Gasteiger partial charge in [0, 0.05) is 17.3 Å². The molecular formula is C22H27N3O4. The zero-order chi connectivity index (χ0) is 21.4. The number of carbonyl (C=O) groups excluding carboxylic acids is 3. The second kappa shape index (κ2) is 10.3. The first kappa shape index (κ1) is 21.9. The number of carbonyl (C=O) groups is 3. The summed E-state index contributed by atoms with van der Waals surface area (Å²) in [5.74, 6) is -0.351. The first-order valence-corrected chi connectivity index (χ1v) is 9.38. The predicted octanol–water partition coefficient (Wildman–Crippen LogP) is 2.61. The molecule has 0 saturated carbocycles. The molecule has 0 bridgehead atoms. The summed E-state index contributed by atoms with van der Waals surface area (Å²) >= 11 is 0. The number of methoxy groups -OCH3 is 1. The Balaban J connectivity index is 1.90. The van der Waals surface area contributed by atoms with E-state index in [0.29, 0.717) is 17.0 Å². The van der Waals surface area contributed by atoms with Crippen molar-refractivity contribution in [3.63, 3.8) is 0 Å². The maximum absolute atomic E-state index is 12.8. The highest BCUT2D eigenvalue weighted by Gasteiger charge is 2.22. The SMILES string of the molecule is COc1ccc(C(=O)N(CC(=O)NCC(=O)Nc2ccc(C)cc2)C(C)C)cc1. The highest BCUT2D eigenvalue weighted by atomic mass is 16.5. The van der Waals surface area contributed by atoms with Gasteiger partial charge in [0.05, 0.1) is 13.7 Å². The third-order valence-corrected chi connectivity index (χ3v) is 4.32. The van der Waals surface area contributed by atoms with Gasteiger partial charge in [-0.05, 0) is 57.2 Å². The Labute approximate surface area is 171 Å². The Morgan fingerprint density at radius 3 is 2.14 bits per heavy atom. The van der Waals surface area contributed by atoms with Gasteiger partial charge in [0.15, 0.2) is 0 Å². The Morgan fingerprint density at radius 2 is 1.59 bits per heavy atom. The van der Waals surface area contributed by atoms with E-state index in [4.69, 9.17) is 4.74 Å². The Morgan fingerprint density at radius 1 is 0.966 bits per heavy atom. The third kappa shape index (κ3) is 6.64. The van der Waals surface area contributed by atoms with Crippen LogP contribution in [0.3, 0.4) is 0 Å². The summed E-state index contributed by atoms with van der Waals surface area (Å²) in [4.78, 5) is 38.5. The van der Waals surface area contributed by atoms with Gasteiger partial charge in [0.1, 0.15) is 12.3 Å². The molecule has 3 amide bonds. The zero-order valence-corrected chi connectivity index (χ0v) is 17.2. The Hall–Kier alpha value is -3.35. The number of benzene rings is 2. The molecule has 0 atom stereocenters. The second-order valence-corrected chi connectivity index (χ2v) is 6.95. The fraction of sp³-hybridized carbons (Fsp3) is 0.318. The van der Waals surface area contributed by atoms with E-state index in [9.17, 15) is 14.4 Å². The molecule has 0 aliphatic rings. The molecule has 0 heterocycles. The van der Waals surface area contributed by atoms with Gasteiger partial charge in [0.2, 0.25) is 11.8 Å². The number of rotatable bonds is 8. The van der Waals surface area contributed by atoms with Crippen LogP contribution in [0.25, 0.3) is 0 Å². The van der Waals surface area contributed by atoms with Crippen LogP contribution >= 0.6 is 0 Å². The second-order valence-electron chi connectivity index (χ2n) is 6.95. The van der Waals surface area contributed by atoms with Crippen molar-refractivity contribution in [2.24, 2.45) is 0 Å². The van der Waals surface area contributed by atoms with Gasteiger partial charge in [-0.3, -0.25) is 14.4 Å². The van der Waals surface area contributed by atoms with Crippen LogP contribution in [0.15, 0.2) is 48.5 Å². The summed E-state index contributed by atoms with van der Waals surface area (Å²) in [7, 11) is 1.55. The van der Waals surface area contributed by atoms with Crippen molar-refractivity contribution in [1.82, 2.24) is 10.2 Å². The van der Waals surface area contributed by atoms with Crippen LogP contribution in [0.2, 0.25) is 0 Å². The monoisotopic (exact) mass is 397 g/mol. The number of amides is 3. The van der Waals surface area contributed by atoms with Crippen molar-refractivity contribution in [2.75, 3.05) is 25.5 Å². The summed E-state index contributed by atoms with van der Waals surface area (Å²) in [6, 6.07) is 13.9. The Kier molecular flexibility index (Phi) is 7.77. The highest BCUT2D eigenvalue weighted by Crippen LogP contribution is 2.14. The standard InChI is InChI=1S/C22H27N3O4/c1-15(2)25(22(28)17-7-11-19(29-4)12-8-17)14-21(27)23-13-20(26)24-18-9-5-16(3)6-10-18/h5-12,15H,13-14H2,1-4H3,(H,23,27)(H,24,26). The van der Waals surface area contributed by atoms with Crippen LogP contribution < -0.4 is 15.4 Å². The number of aryl methyl sites for hydroxylation is 1. The molecule has 2 N–H and O–H groups in total. The summed E-state index contributed by atoms with van der Waals surface area (Å²) in [6.45, 7) is 5.31. The molecule has 2 rings (SSSR count). The molecule has 0 saturated heterocycles. The van der Waals surface area contributed by atoms with Gasteiger partial charge in [0.25, 0.3) is 5.91 Å². The van der Waals surface area contributed by atoms with Crippen molar-refractivity contribution in [3.8, 4) is 5.75 Å². The van der Waals surface area contributed by atoms with Crippen molar-refractivity contribution in [3.05, 3.63) is 59.7 Å². The first-order valence-electron chi connectivity index (χ1n) is 9.38. The van der Waals surface area contributed by atoms with Gasteiger partial charge in [-0.1, -0.05) is 17.7 Å². The number of anilines is 1. The molecule has 0 spiro atoms. The lowest BCUT2D eigenvalue weighted by Gasteiger charge is -2.26. The van der Waals surface area contributed by atoms with E-state index in [1.165, 1.54) is 4.90 Å². The smallest absolute Gasteiger partial charge is 0.254 e. The maximum Gasteiger partial charge on any atom is 0.254 e. The Bertz CT molecular complexity index is 845. The fourth-order valence-electron chi connectivity index (χ4n) is 2.62. The molecule has 2 aromatic carbocycles. The molecule has 7 heteroatoms. The molecular weight excluding hydrogens is 370 g/mol. The number of ether oxygens (including phenoxy) is 1. The first-order chi connectivity index (χ1) is 13.8. The van der Waals surface area contributed by atoms with Crippen molar-refractivity contribution >= 4 is 23.4 Å².